The number of ether oxygens (including phenoxy) is 1. The van der Waals surface area contributed by atoms with Crippen LogP contribution in [0.1, 0.15) is 32.1 Å². The molecule has 1 spiro atoms. The van der Waals surface area contributed by atoms with Crippen molar-refractivity contribution in [2.45, 2.75) is 37.7 Å². The topological polar surface area (TPSA) is 9.23 Å². The summed E-state index contributed by atoms with van der Waals surface area (Å²) in [5.41, 5.74) is 0.264. The van der Waals surface area contributed by atoms with Gasteiger partial charge in [0.05, 0.1) is 5.60 Å². The third-order valence-corrected chi connectivity index (χ3v) is 4.90. The van der Waals surface area contributed by atoms with Crippen LogP contribution in [-0.2, 0) is 4.74 Å². The van der Waals surface area contributed by atoms with Gasteiger partial charge in [-0.3, -0.25) is 0 Å². The van der Waals surface area contributed by atoms with Gasteiger partial charge in [-0.05, 0) is 43.8 Å². The number of rotatable bonds is 3. The molecule has 0 aromatic rings. The van der Waals surface area contributed by atoms with Gasteiger partial charge < -0.3 is 4.74 Å². The molecule has 0 bridgehead atoms. The standard InChI is InChI=1S/C11H19ClOS/c12-5-1-2-10-3-6-13-11(8-10)4-7-14-9-11/h10H,1-9H2. The molecule has 2 rings (SSSR count). The van der Waals surface area contributed by atoms with Crippen LogP contribution < -0.4 is 0 Å². The lowest BCUT2D eigenvalue weighted by Gasteiger charge is -2.37. The second-order valence-electron chi connectivity index (χ2n) is 4.52. The molecule has 0 radical (unpaired) electrons. The van der Waals surface area contributed by atoms with Crippen LogP contribution in [0.5, 0.6) is 0 Å². The lowest BCUT2D eigenvalue weighted by molar-refractivity contribution is -0.0805. The van der Waals surface area contributed by atoms with E-state index in [0.717, 1.165) is 18.4 Å². The Morgan fingerprint density at radius 3 is 3.14 bits per heavy atom. The van der Waals surface area contributed by atoms with E-state index in [0.29, 0.717) is 0 Å². The largest absolute Gasteiger partial charge is 0.374 e. The first-order valence-electron chi connectivity index (χ1n) is 5.62. The van der Waals surface area contributed by atoms with Crippen LogP contribution in [0.4, 0.5) is 0 Å². The predicted molar refractivity (Wildman–Crippen MR) is 63.3 cm³/mol. The maximum absolute atomic E-state index is 5.98. The highest BCUT2D eigenvalue weighted by Crippen LogP contribution is 2.41. The summed E-state index contributed by atoms with van der Waals surface area (Å²) < 4.78 is 5.98. The molecule has 2 unspecified atom stereocenters. The van der Waals surface area contributed by atoms with Gasteiger partial charge in [-0.25, -0.2) is 0 Å². The number of hydrogen-bond donors (Lipinski definition) is 0. The molecular weight excluding hydrogens is 216 g/mol. The van der Waals surface area contributed by atoms with E-state index < -0.39 is 0 Å². The minimum Gasteiger partial charge on any atom is -0.374 e. The molecule has 3 heteroatoms. The van der Waals surface area contributed by atoms with Gasteiger partial charge in [0.25, 0.3) is 0 Å². The van der Waals surface area contributed by atoms with Crippen molar-refractivity contribution in [3.8, 4) is 0 Å². The molecule has 82 valence electrons. The lowest BCUT2D eigenvalue weighted by Crippen LogP contribution is -2.39. The van der Waals surface area contributed by atoms with Crippen LogP contribution in [-0.4, -0.2) is 29.6 Å². The SMILES string of the molecule is ClCCCC1CCOC2(CCSC2)C1. The Labute approximate surface area is 95.9 Å². The first-order chi connectivity index (χ1) is 6.85. The summed E-state index contributed by atoms with van der Waals surface area (Å²) in [6.45, 7) is 0.980. The zero-order valence-corrected chi connectivity index (χ0v) is 10.2. The molecule has 2 fully saturated rings. The molecule has 2 aliphatic rings. The minimum absolute atomic E-state index is 0.264. The maximum Gasteiger partial charge on any atom is 0.0783 e. The molecule has 0 saturated carbocycles. The van der Waals surface area contributed by atoms with Gasteiger partial charge in [-0.15, -0.1) is 11.6 Å². The van der Waals surface area contributed by atoms with Crippen molar-refractivity contribution >= 4 is 23.4 Å². The molecule has 0 amide bonds. The Bertz CT molecular complexity index is 180. The first-order valence-corrected chi connectivity index (χ1v) is 7.31. The number of hydrogen-bond acceptors (Lipinski definition) is 2. The molecule has 2 saturated heterocycles. The molecule has 2 atom stereocenters. The normalized spacial score (nSPS) is 37.9. The van der Waals surface area contributed by atoms with Gasteiger partial charge in [0, 0.05) is 18.2 Å². The zero-order valence-electron chi connectivity index (χ0n) is 8.64. The smallest absolute Gasteiger partial charge is 0.0783 e. The van der Waals surface area contributed by atoms with E-state index in [1.807, 2.05) is 0 Å². The fourth-order valence-electron chi connectivity index (χ4n) is 2.60. The highest BCUT2D eigenvalue weighted by Gasteiger charge is 2.39. The van der Waals surface area contributed by atoms with Crippen molar-refractivity contribution in [2.24, 2.45) is 5.92 Å². The number of thioether (sulfide) groups is 1. The van der Waals surface area contributed by atoms with Crippen LogP contribution in [0.15, 0.2) is 0 Å². The monoisotopic (exact) mass is 234 g/mol. The van der Waals surface area contributed by atoms with E-state index in [9.17, 15) is 0 Å². The van der Waals surface area contributed by atoms with Gasteiger partial charge in [0.2, 0.25) is 0 Å². The first kappa shape index (κ1) is 11.1. The Balaban J connectivity index is 1.83. The summed E-state index contributed by atoms with van der Waals surface area (Å²) in [6, 6.07) is 0. The van der Waals surface area contributed by atoms with Crippen molar-refractivity contribution in [3.05, 3.63) is 0 Å². The van der Waals surface area contributed by atoms with Gasteiger partial charge in [-0.1, -0.05) is 0 Å². The average Bonchev–Trinajstić information content (AvgIpc) is 2.63. The summed E-state index contributed by atoms with van der Waals surface area (Å²) in [5.74, 6) is 4.22. The molecule has 14 heavy (non-hydrogen) atoms. The van der Waals surface area contributed by atoms with E-state index in [4.69, 9.17) is 16.3 Å². The van der Waals surface area contributed by atoms with Gasteiger partial charge in [0.1, 0.15) is 0 Å². The average molecular weight is 235 g/mol. The number of halogens is 1. The fraction of sp³-hybridized carbons (Fsp3) is 1.00. The third-order valence-electron chi connectivity index (χ3n) is 3.41. The zero-order chi connectivity index (χ0) is 9.86. The maximum atomic E-state index is 5.98. The van der Waals surface area contributed by atoms with Gasteiger partial charge >= 0.3 is 0 Å². The van der Waals surface area contributed by atoms with Crippen molar-refractivity contribution in [1.29, 1.82) is 0 Å². The van der Waals surface area contributed by atoms with E-state index in [-0.39, 0.29) is 5.60 Å². The summed E-state index contributed by atoms with van der Waals surface area (Å²) in [6.07, 6.45) is 6.30. The predicted octanol–water partition coefficient (Wildman–Crippen LogP) is 3.31. The Hall–Kier alpha value is 0.600. The third kappa shape index (κ3) is 2.59. The Kier molecular flexibility index (Phi) is 4.03. The summed E-state index contributed by atoms with van der Waals surface area (Å²) in [5, 5.41) is 0. The van der Waals surface area contributed by atoms with Crippen molar-refractivity contribution in [3.63, 3.8) is 0 Å². The molecule has 0 aromatic heterocycles. The summed E-state index contributed by atoms with van der Waals surface area (Å²) in [7, 11) is 0. The quantitative estimate of drug-likeness (QED) is 0.693. The summed E-state index contributed by atoms with van der Waals surface area (Å²) >= 11 is 7.79. The van der Waals surface area contributed by atoms with Crippen LogP contribution in [0, 0.1) is 5.92 Å². The molecule has 0 aromatic carbocycles. The second kappa shape index (κ2) is 5.09. The molecule has 2 aliphatic heterocycles. The van der Waals surface area contributed by atoms with Crippen LogP contribution in [0.25, 0.3) is 0 Å². The van der Waals surface area contributed by atoms with Gasteiger partial charge in [0.15, 0.2) is 0 Å². The van der Waals surface area contributed by atoms with Crippen LogP contribution in [0.2, 0.25) is 0 Å². The minimum atomic E-state index is 0.264. The van der Waals surface area contributed by atoms with Crippen molar-refractivity contribution in [2.75, 3.05) is 24.0 Å². The van der Waals surface area contributed by atoms with Crippen molar-refractivity contribution < 1.29 is 4.74 Å². The van der Waals surface area contributed by atoms with Gasteiger partial charge in [-0.2, -0.15) is 11.8 Å². The fourth-order valence-corrected chi connectivity index (χ4v) is 4.14. The molecule has 2 heterocycles. The number of alkyl halides is 1. The van der Waals surface area contributed by atoms with E-state index in [1.54, 1.807) is 0 Å². The van der Waals surface area contributed by atoms with Crippen LogP contribution in [0.3, 0.4) is 0 Å². The van der Waals surface area contributed by atoms with E-state index in [2.05, 4.69) is 11.8 Å². The second-order valence-corrected chi connectivity index (χ2v) is 6.01. The van der Waals surface area contributed by atoms with E-state index >= 15 is 0 Å². The lowest BCUT2D eigenvalue weighted by atomic mass is 9.83. The van der Waals surface area contributed by atoms with Crippen molar-refractivity contribution in [1.82, 2.24) is 0 Å². The Morgan fingerprint density at radius 1 is 1.50 bits per heavy atom. The Morgan fingerprint density at radius 2 is 2.43 bits per heavy atom. The molecule has 0 N–H and O–H groups in total. The van der Waals surface area contributed by atoms with Crippen LogP contribution >= 0.6 is 23.4 Å². The molecule has 0 aliphatic carbocycles. The highest BCUT2D eigenvalue weighted by atomic mass is 35.5. The summed E-state index contributed by atoms with van der Waals surface area (Å²) in [4.78, 5) is 0. The van der Waals surface area contributed by atoms with E-state index in [1.165, 1.54) is 43.6 Å². The molecule has 1 nitrogen and oxygen atoms in total. The molecular formula is C11H19ClOS. The highest BCUT2D eigenvalue weighted by molar-refractivity contribution is 7.99.